The Hall–Kier alpha value is -3.62. The molecule has 3 rings (SSSR count). The van der Waals surface area contributed by atoms with Crippen LogP contribution in [0.5, 0.6) is 5.75 Å². The summed E-state index contributed by atoms with van der Waals surface area (Å²) in [6.07, 6.45) is 2.00. The summed E-state index contributed by atoms with van der Waals surface area (Å²) in [5, 5.41) is 25.9. The second kappa shape index (κ2) is 9.92. The van der Waals surface area contributed by atoms with E-state index in [4.69, 9.17) is 0 Å². The Morgan fingerprint density at radius 3 is 2.29 bits per heavy atom. The van der Waals surface area contributed by atoms with Gasteiger partial charge < -0.3 is 20.6 Å². The highest BCUT2D eigenvalue weighted by molar-refractivity contribution is 6.00. The maximum atomic E-state index is 12.8. The van der Waals surface area contributed by atoms with Gasteiger partial charge in [0.2, 0.25) is 0 Å². The lowest BCUT2D eigenvalue weighted by atomic mass is 9.98. The van der Waals surface area contributed by atoms with Gasteiger partial charge in [-0.1, -0.05) is 6.92 Å². The van der Waals surface area contributed by atoms with E-state index in [-0.39, 0.29) is 36.0 Å². The summed E-state index contributed by atoms with van der Waals surface area (Å²) in [6, 6.07) is 10.2. The van der Waals surface area contributed by atoms with E-state index in [1.165, 1.54) is 36.4 Å². The van der Waals surface area contributed by atoms with E-state index in [1.54, 1.807) is 6.07 Å². The number of anilines is 1. The Morgan fingerprint density at radius 1 is 1.06 bits per heavy atom. The number of benzene rings is 2. The Balaban J connectivity index is 1.62. The Labute approximate surface area is 180 Å². The molecule has 2 aromatic rings. The fraction of sp³-hybridized carbons (Fsp3) is 0.364. The number of nitrogens with zero attached hydrogens (tertiary/aromatic N) is 2. The first-order valence-electron chi connectivity index (χ1n) is 10.2. The summed E-state index contributed by atoms with van der Waals surface area (Å²) in [4.78, 5) is 37.7. The van der Waals surface area contributed by atoms with E-state index in [0.717, 1.165) is 25.9 Å². The molecule has 0 aliphatic carbocycles. The highest BCUT2D eigenvalue weighted by atomic mass is 16.6. The van der Waals surface area contributed by atoms with Crippen molar-refractivity contribution in [3.63, 3.8) is 0 Å². The fourth-order valence-electron chi connectivity index (χ4n) is 3.51. The van der Waals surface area contributed by atoms with E-state index in [2.05, 4.69) is 22.5 Å². The van der Waals surface area contributed by atoms with Crippen molar-refractivity contribution >= 4 is 23.2 Å². The van der Waals surface area contributed by atoms with Crippen LogP contribution in [0.3, 0.4) is 0 Å². The number of hydrogen-bond acceptors (Lipinski definition) is 6. The summed E-state index contributed by atoms with van der Waals surface area (Å²) in [7, 11) is 0. The zero-order valence-corrected chi connectivity index (χ0v) is 17.3. The monoisotopic (exact) mass is 426 g/mol. The number of rotatable bonds is 7. The number of hydrogen-bond donors (Lipinski definition) is 3. The summed E-state index contributed by atoms with van der Waals surface area (Å²) in [5.74, 6) is -0.0626. The van der Waals surface area contributed by atoms with Crippen LogP contribution in [0.2, 0.25) is 0 Å². The van der Waals surface area contributed by atoms with Crippen molar-refractivity contribution in [1.82, 2.24) is 10.6 Å². The van der Waals surface area contributed by atoms with Gasteiger partial charge in [-0.2, -0.15) is 0 Å². The lowest BCUT2D eigenvalue weighted by Gasteiger charge is -2.33. The molecule has 1 heterocycles. The Kier molecular flexibility index (Phi) is 7.07. The number of non-ortho nitro benzene ring substituents is 1. The van der Waals surface area contributed by atoms with Gasteiger partial charge >= 0.3 is 0 Å². The molecule has 1 saturated heterocycles. The first kappa shape index (κ1) is 22.1. The molecule has 0 saturated carbocycles. The number of amides is 2. The minimum absolute atomic E-state index is 0.0692. The van der Waals surface area contributed by atoms with Gasteiger partial charge in [0.15, 0.2) is 0 Å². The van der Waals surface area contributed by atoms with Gasteiger partial charge in [0.25, 0.3) is 17.5 Å². The van der Waals surface area contributed by atoms with Gasteiger partial charge in [-0.25, -0.2) is 0 Å². The number of nitro benzene ring substituents is 1. The van der Waals surface area contributed by atoms with E-state index in [0.29, 0.717) is 17.2 Å². The van der Waals surface area contributed by atoms with Crippen molar-refractivity contribution in [2.75, 3.05) is 31.1 Å². The average Bonchev–Trinajstić information content (AvgIpc) is 2.77. The predicted molar refractivity (Wildman–Crippen MR) is 116 cm³/mol. The lowest BCUT2D eigenvalue weighted by Crippen LogP contribution is -2.37. The molecule has 1 aliphatic rings. The molecule has 2 aromatic carbocycles. The van der Waals surface area contributed by atoms with E-state index < -0.39 is 10.8 Å². The third-order valence-corrected chi connectivity index (χ3v) is 5.39. The molecule has 9 nitrogen and oxygen atoms in total. The van der Waals surface area contributed by atoms with Gasteiger partial charge in [-0.3, -0.25) is 19.7 Å². The zero-order chi connectivity index (χ0) is 22.4. The molecule has 1 fully saturated rings. The minimum Gasteiger partial charge on any atom is -0.508 e. The van der Waals surface area contributed by atoms with Gasteiger partial charge in [0.05, 0.1) is 16.2 Å². The topological polar surface area (TPSA) is 125 Å². The maximum Gasteiger partial charge on any atom is 0.270 e. The number of carbonyl (C=O) groups is 2. The summed E-state index contributed by atoms with van der Waals surface area (Å²) in [5.41, 5.74) is 1.20. The molecule has 0 bridgehead atoms. The molecule has 0 aromatic heterocycles. The third kappa shape index (κ3) is 5.71. The molecular formula is C22H26N4O5. The molecule has 0 radical (unpaired) electrons. The normalized spacial score (nSPS) is 14.2. The fourth-order valence-corrected chi connectivity index (χ4v) is 3.51. The molecule has 1 aliphatic heterocycles. The van der Waals surface area contributed by atoms with Crippen LogP contribution >= 0.6 is 0 Å². The van der Waals surface area contributed by atoms with Crippen molar-refractivity contribution in [3.05, 3.63) is 63.7 Å². The van der Waals surface area contributed by atoms with Crippen molar-refractivity contribution < 1.29 is 19.6 Å². The molecular weight excluding hydrogens is 400 g/mol. The minimum atomic E-state index is -0.517. The van der Waals surface area contributed by atoms with Crippen LogP contribution in [0, 0.1) is 16.0 Å². The number of nitrogens with one attached hydrogen (secondary N) is 2. The van der Waals surface area contributed by atoms with Crippen LogP contribution in [0.25, 0.3) is 0 Å². The van der Waals surface area contributed by atoms with Crippen molar-refractivity contribution in [2.45, 2.75) is 19.8 Å². The van der Waals surface area contributed by atoms with Crippen LogP contribution in [-0.2, 0) is 0 Å². The second-order valence-corrected chi connectivity index (χ2v) is 7.69. The highest BCUT2D eigenvalue weighted by Crippen LogP contribution is 2.29. The van der Waals surface area contributed by atoms with Gasteiger partial charge in [0.1, 0.15) is 5.75 Å². The smallest absolute Gasteiger partial charge is 0.270 e. The number of aromatic hydroxyl groups is 1. The van der Waals surface area contributed by atoms with Crippen LogP contribution in [0.15, 0.2) is 42.5 Å². The molecule has 164 valence electrons. The third-order valence-electron chi connectivity index (χ3n) is 5.39. The van der Waals surface area contributed by atoms with Crippen molar-refractivity contribution in [2.24, 2.45) is 5.92 Å². The maximum absolute atomic E-state index is 12.8. The number of piperidine rings is 1. The van der Waals surface area contributed by atoms with Crippen LogP contribution in [0.1, 0.15) is 40.5 Å². The second-order valence-electron chi connectivity index (χ2n) is 7.69. The summed E-state index contributed by atoms with van der Waals surface area (Å²) in [6.45, 7) is 4.13. The molecule has 9 heteroatoms. The largest absolute Gasteiger partial charge is 0.508 e. The van der Waals surface area contributed by atoms with E-state index in [1.807, 2.05) is 0 Å². The van der Waals surface area contributed by atoms with Crippen molar-refractivity contribution in [3.8, 4) is 5.75 Å². The highest BCUT2D eigenvalue weighted by Gasteiger charge is 2.23. The lowest BCUT2D eigenvalue weighted by molar-refractivity contribution is -0.384. The summed E-state index contributed by atoms with van der Waals surface area (Å²) >= 11 is 0. The van der Waals surface area contributed by atoms with Crippen LogP contribution < -0.4 is 15.5 Å². The number of nitro groups is 1. The molecule has 31 heavy (non-hydrogen) atoms. The quantitative estimate of drug-likeness (QED) is 0.355. The number of carbonyl (C=O) groups excluding carboxylic acids is 2. The van der Waals surface area contributed by atoms with Crippen LogP contribution in [-0.4, -0.2) is 48.0 Å². The Bertz CT molecular complexity index is 953. The van der Waals surface area contributed by atoms with Gasteiger partial charge in [-0.15, -0.1) is 0 Å². The molecule has 0 spiro atoms. The van der Waals surface area contributed by atoms with Gasteiger partial charge in [-0.05, 0) is 49.1 Å². The number of phenols is 1. The Morgan fingerprint density at radius 2 is 1.68 bits per heavy atom. The van der Waals surface area contributed by atoms with E-state index >= 15 is 0 Å². The predicted octanol–water partition coefficient (Wildman–Crippen LogP) is 2.70. The zero-order valence-electron chi connectivity index (χ0n) is 17.3. The van der Waals surface area contributed by atoms with Crippen LogP contribution in [0.4, 0.5) is 11.4 Å². The molecule has 0 unspecified atom stereocenters. The SMILES string of the molecule is CC1CCN(c2ccc([N+](=O)[O-])cc2C(=O)NCCNC(=O)c2ccc(O)cc2)CC1. The number of phenolic OH excluding ortho intramolecular Hbond substituents is 1. The summed E-state index contributed by atoms with van der Waals surface area (Å²) < 4.78 is 0. The average molecular weight is 426 g/mol. The van der Waals surface area contributed by atoms with E-state index in [9.17, 15) is 24.8 Å². The first-order chi connectivity index (χ1) is 14.8. The standard InChI is InChI=1S/C22H26N4O5/c1-15-8-12-25(13-9-15)20-7-4-17(26(30)31)14-19(20)22(29)24-11-10-23-21(28)16-2-5-18(27)6-3-16/h2-7,14-15,27H,8-13H2,1H3,(H,23,28)(H,24,29). The van der Waals surface area contributed by atoms with Crippen molar-refractivity contribution in [1.29, 1.82) is 0 Å². The molecule has 3 N–H and O–H groups in total. The molecule has 2 amide bonds. The van der Waals surface area contributed by atoms with Gasteiger partial charge in [0, 0.05) is 43.9 Å². The molecule has 0 atom stereocenters. The first-order valence-corrected chi connectivity index (χ1v) is 10.2.